The van der Waals surface area contributed by atoms with Crippen LogP contribution < -0.4 is 21.3 Å². The number of Topliss-reactive ketones (excluding diaryl/α,β-unsaturated/α-hetero) is 2. The van der Waals surface area contributed by atoms with Crippen molar-refractivity contribution in [1.29, 1.82) is 0 Å². The summed E-state index contributed by atoms with van der Waals surface area (Å²) in [6.45, 7) is 23.6. The van der Waals surface area contributed by atoms with Gasteiger partial charge in [0.05, 0.1) is 5.54 Å². The zero-order valence-corrected chi connectivity index (χ0v) is 25.1. The highest BCUT2D eigenvalue weighted by molar-refractivity contribution is 5.86. The fourth-order valence-electron chi connectivity index (χ4n) is 6.36. The molecule has 3 fully saturated rings. The van der Waals surface area contributed by atoms with Crippen LogP contribution in [0.4, 0.5) is 8.78 Å². The first-order chi connectivity index (χ1) is 15.8. The molecule has 212 valence electrons. The molecule has 0 aromatic carbocycles. The molecule has 3 aliphatic rings. The SMILES string of the molecule is CC1(C)CC(=O)C(F)C(C)(C)N1.CC1(C)CC(=O)CC(C)(C)N1.CN[C@@H]1CC(C)(C)NC(C)(C)[C@@H]1F. The lowest BCUT2D eigenvalue weighted by Crippen LogP contribution is -2.68. The number of ketones is 2. The van der Waals surface area contributed by atoms with Crippen LogP contribution >= 0.6 is 0 Å². The second kappa shape index (κ2) is 11.0. The van der Waals surface area contributed by atoms with E-state index in [-0.39, 0.29) is 40.4 Å². The molecule has 0 bridgehead atoms. The highest BCUT2D eigenvalue weighted by Gasteiger charge is 2.46. The van der Waals surface area contributed by atoms with Gasteiger partial charge in [0.2, 0.25) is 0 Å². The van der Waals surface area contributed by atoms with Gasteiger partial charge in [-0.25, -0.2) is 8.78 Å². The monoisotopic (exact) mass is 516 g/mol. The van der Waals surface area contributed by atoms with Gasteiger partial charge in [-0.05, 0) is 96.6 Å². The lowest BCUT2D eigenvalue weighted by atomic mass is 9.78. The zero-order chi connectivity index (χ0) is 28.5. The van der Waals surface area contributed by atoms with E-state index >= 15 is 0 Å². The standard InChI is InChI=1S/C10H21FN2.C9H16FNO.C9H17NO/c1-9(2)6-7(12-5)8(11)10(3,4)13-9;1-8(2)5-6(12)7(10)9(3,4)11-8;1-8(2)5-7(11)6-9(3,4)10-8/h7-8,12-13H,6H2,1-5H3;7,11H,5H2,1-4H3;10H,5-6H2,1-4H3/t7-,8-;;/m1../s1. The lowest BCUT2D eigenvalue weighted by Gasteiger charge is -2.48. The van der Waals surface area contributed by atoms with Crippen LogP contribution in [0.1, 0.15) is 109 Å². The van der Waals surface area contributed by atoms with Crippen molar-refractivity contribution in [3.8, 4) is 0 Å². The van der Waals surface area contributed by atoms with Gasteiger partial charge in [0, 0.05) is 53.0 Å². The Kier molecular flexibility index (Phi) is 10.1. The van der Waals surface area contributed by atoms with Crippen LogP contribution in [0.25, 0.3) is 0 Å². The second-order valence-electron chi connectivity index (χ2n) is 14.8. The van der Waals surface area contributed by atoms with Crippen molar-refractivity contribution >= 4 is 11.6 Å². The van der Waals surface area contributed by atoms with Crippen LogP contribution in [-0.4, -0.2) is 70.2 Å². The first kappa shape index (κ1) is 33.1. The van der Waals surface area contributed by atoms with Crippen LogP contribution in [0.3, 0.4) is 0 Å². The van der Waals surface area contributed by atoms with Crippen LogP contribution in [0.5, 0.6) is 0 Å². The molecule has 0 saturated carbocycles. The van der Waals surface area contributed by atoms with E-state index in [4.69, 9.17) is 0 Å². The molecule has 3 aliphatic heterocycles. The number of hydrogen-bond acceptors (Lipinski definition) is 6. The first-order valence-electron chi connectivity index (χ1n) is 13.2. The molecule has 0 aliphatic carbocycles. The van der Waals surface area contributed by atoms with Crippen molar-refractivity contribution in [2.45, 2.75) is 160 Å². The maximum absolute atomic E-state index is 13.8. The van der Waals surface area contributed by atoms with Gasteiger partial charge in [-0.1, -0.05) is 0 Å². The molecule has 0 aromatic rings. The van der Waals surface area contributed by atoms with E-state index in [1.54, 1.807) is 13.8 Å². The molecule has 3 saturated heterocycles. The van der Waals surface area contributed by atoms with Crippen molar-refractivity contribution < 1.29 is 18.4 Å². The Morgan fingerprint density at radius 2 is 1.08 bits per heavy atom. The van der Waals surface area contributed by atoms with Gasteiger partial charge in [-0.3, -0.25) is 9.59 Å². The van der Waals surface area contributed by atoms with Crippen molar-refractivity contribution in [3.63, 3.8) is 0 Å². The quantitative estimate of drug-likeness (QED) is 0.414. The van der Waals surface area contributed by atoms with Crippen LogP contribution in [0.2, 0.25) is 0 Å². The third kappa shape index (κ3) is 9.73. The maximum atomic E-state index is 13.8. The molecule has 0 amide bonds. The summed E-state index contributed by atoms with van der Waals surface area (Å²) in [6, 6.07) is -0.0359. The highest BCUT2D eigenvalue weighted by atomic mass is 19.1. The van der Waals surface area contributed by atoms with Gasteiger partial charge in [0.1, 0.15) is 12.0 Å². The normalized spacial score (nSPS) is 33.4. The Bertz CT molecular complexity index is 772. The Labute approximate surface area is 218 Å². The highest BCUT2D eigenvalue weighted by Crippen LogP contribution is 2.31. The number of hydrogen-bond donors (Lipinski definition) is 4. The fourth-order valence-corrected chi connectivity index (χ4v) is 6.36. The molecular weight excluding hydrogens is 462 g/mol. The van der Waals surface area contributed by atoms with Crippen molar-refractivity contribution in [3.05, 3.63) is 0 Å². The first-order valence-corrected chi connectivity index (χ1v) is 13.2. The van der Waals surface area contributed by atoms with E-state index < -0.39 is 23.4 Å². The predicted octanol–water partition coefficient (Wildman–Crippen LogP) is 4.40. The van der Waals surface area contributed by atoms with Crippen molar-refractivity contribution in [2.75, 3.05) is 7.05 Å². The minimum Gasteiger partial charge on any atom is -0.314 e. The number of nitrogens with one attached hydrogen (secondary N) is 4. The molecule has 4 N–H and O–H groups in total. The number of rotatable bonds is 1. The van der Waals surface area contributed by atoms with Gasteiger partial charge in [-0.2, -0.15) is 0 Å². The van der Waals surface area contributed by atoms with E-state index in [1.165, 1.54) is 0 Å². The minimum absolute atomic E-state index is 0.0137. The Hall–Kier alpha value is -0.960. The molecule has 0 aromatic heterocycles. The lowest BCUT2D eigenvalue weighted by molar-refractivity contribution is -0.131. The number of carbonyl (C=O) groups excluding carboxylic acids is 2. The van der Waals surface area contributed by atoms with Crippen LogP contribution in [0, 0.1) is 0 Å². The molecule has 3 rings (SSSR count). The Balaban J connectivity index is 0.000000271. The van der Waals surface area contributed by atoms with E-state index in [9.17, 15) is 18.4 Å². The topological polar surface area (TPSA) is 82.3 Å². The largest absolute Gasteiger partial charge is 0.314 e. The van der Waals surface area contributed by atoms with Crippen LogP contribution in [0.15, 0.2) is 0 Å². The molecule has 3 heterocycles. The smallest absolute Gasteiger partial charge is 0.176 e. The summed E-state index contributed by atoms with van der Waals surface area (Å²) >= 11 is 0. The van der Waals surface area contributed by atoms with Gasteiger partial charge in [-0.15, -0.1) is 0 Å². The minimum atomic E-state index is -1.37. The average molecular weight is 517 g/mol. The molecular formula is C28H54F2N4O2. The molecule has 0 spiro atoms. The van der Waals surface area contributed by atoms with E-state index in [0.717, 1.165) is 6.42 Å². The summed E-state index contributed by atoms with van der Waals surface area (Å²) in [5.41, 5.74) is -1.45. The van der Waals surface area contributed by atoms with Gasteiger partial charge >= 0.3 is 0 Å². The summed E-state index contributed by atoms with van der Waals surface area (Å²) in [7, 11) is 1.83. The molecule has 8 heteroatoms. The number of alkyl halides is 2. The summed E-state index contributed by atoms with van der Waals surface area (Å²) < 4.78 is 27.1. The number of halogens is 2. The molecule has 3 atom stereocenters. The zero-order valence-electron chi connectivity index (χ0n) is 25.1. The number of carbonyl (C=O) groups is 2. The summed E-state index contributed by atoms with van der Waals surface area (Å²) in [6.07, 6.45) is 0.231. The van der Waals surface area contributed by atoms with Gasteiger partial charge in [0.15, 0.2) is 12.0 Å². The summed E-state index contributed by atoms with van der Waals surface area (Å²) in [5.74, 6) is 0.0856. The van der Waals surface area contributed by atoms with Crippen LogP contribution in [-0.2, 0) is 9.59 Å². The molecule has 1 unspecified atom stereocenters. The number of piperidine rings is 3. The van der Waals surface area contributed by atoms with E-state index in [1.807, 2.05) is 34.7 Å². The predicted molar refractivity (Wildman–Crippen MR) is 145 cm³/mol. The van der Waals surface area contributed by atoms with Crippen molar-refractivity contribution in [2.24, 2.45) is 0 Å². The summed E-state index contributed by atoms with van der Waals surface area (Å²) in [4.78, 5) is 22.5. The average Bonchev–Trinajstić information content (AvgIpc) is 2.58. The summed E-state index contributed by atoms with van der Waals surface area (Å²) in [5, 5.41) is 12.9. The molecule has 6 nitrogen and oxygen atoms in total. The Morgan fingerprint density at radius 3 is 1.47 bits per heavy atom. The van der Waals surface area contributed by atoms with Crippen molar-refractivity contribution in [1.82, 2.24) is 21.3 Å². The fraction of sp³-hybridized carbons (Fsp3) is 0.929. The van der Waals surface area contributed by atoms with Gasteiger partial charge < -0.3 is 21.3 Å². The molecule has 0 radical (unpaired) electrons. The third-order valence-corrected chi connectivity index (χ3v) is 6.95. The second-order valence-corrected chi connectivity index (χ2v) is 14.8. The van der Waals surface area contributed by atoms with E-state index in [0.29, 0.717) is 18.6 Å². The van der Waals surface area contributed by atoms with E-state index in [2.05, 4.69) is 62.8 Å². The Morgan fingerprint density at radius 1 is 0.667 bits per heavy atom. The maximum Gasteiger partial charge on any atom is 0.176 e. The third-order valence-electron chi connectivity index (χ3n) is 6.95. The molecule has 36 heavy (non-hydrogen) atoms. The van der Waals surface area contributed by atoms with Gasteiger partial charge in [0.25, 0.3) is 0 Å².